The lowest BCUT2D eigenvalue weighted by Crippen LogP contribution is -2.26. The van der Waals surface area contributed by atoms with Crippen molar-refractivity contribution in [2.45, 2.75) is 73.0 Å². The zero-order valence-corrected chi connectivity index (χ0v) is 15.4. The Kier molecular flexibility index (Phi) is 7.77. The van der Waals surface area contributed by atoms with Crippen LogP contribution in [0.5, 0.6) is 0 Å². The van der Waals surface area contributed by atoms with Gasteiger partial charge in [0.15, 0.2) is 0 Å². The monoisotopic (exact) mass is 320 g/mol. The van der Waals surface area contributed by atoms with Crippen molar-refractivity contribution < 1.29 is 14.6 Å². The van der Waals surface area contributed by atoms with Crippen molar-refractivity contribution in [3.63, 3.8) is 0 Å². The number of aliphatic hydroxyl groups excluding tert-OH is 1. The van der Waals surface area contributed by atoms with Crippen LogP contribution >= 0.6 is 0 Å². The summed E-state index contributed by atoms with van der Waals surface area (Å²) in [7, 11) is 0. The van der Waals surface area contributed by atoms with Crippen LogP contribution in [-0.2, 0) is 9.53 Å². The van der Waals surface area contributed by atoms with Crippen molar-refractivity contribution in [1.29, 1.82) is 0 Å². The highest BCUT2D eigenvalue weighted by atomic mass is 16.5. The van der Waals surface area contributed by atoms with E-state index in [1.165, 1.54) is 11.6 Å². The van der Waals surface area contributed by atoms with Gasteiger partial charge in [0, 0.05) is 12.5 Å². The summed E-state index contributed by atoms with van der Waals surface area (Å²) in [5, 5.41) is 10.6. The molecule has 3 atom stereocenters. The fourth-order valence-electron chi connectivity index (χ4n) is 2.94. The van der Waals surface area contributed by atoms with Gasteiger partial charge in [-0.1, -0.05) is 37.1 Å². The van der Waals surface area contributed by atoms with E-state index in [1.54, 1.807) is 0 Å². The fourth-order valence-corrected chi connectivity index (χ4v) is 2.94. The van der Waals surface area contributed by atoms with Gasteiger partial charge >= 0.3 is 5.97 Å². The van der Waals surface area contributed by atoms with E-state index < -0.39 is 6.10 Å². The first kappa shape index (κ1) is 19.7. The molecule has 0 heterocycles. The van der Waals surface area contributed by atoms with Crippen LogP contribution in [0.25, 0.3) is 0 Å². The molecule has 0 saturated carbocycles. The molecule has 1 rings (SSSR count). The van der Waals surface area contributed by atoms with Gasteiger partial charge in [0.2, 0.25) is 0 Å². The second-order valence-corrected chi connectivity index (χ2v) is 7.28. The Balaban J connectivity index is 3.02. The summed E-state index contributed by atoms with van der Waals surface area (Å²) in [6.07, 6.45) is 7.35. The maximum absolute atomic E-state index is 11.9. The van der Waals surface area contributed by atoms with Gasteiger partial charge in [-0.3, -0.25) is 0 Å². The Morgan fingerprint density at radius 3 is 2.57 bits per heavy atom. The molecule has 0 radical (unpaired) electrons. The summed E-state index contributed by atoms with van der Waals surface area (Å²) in [5.74, 6) is 0.314. The summed E-state index contributed by atoms with van der Waals surface area (Å²) in [6, 6.07) is 0. The van der Waals surface area contributed by atoms with Gasteiger partial charge in [0.25, 0.3) is 0 Å². The molecule has 3 nitrogen and oxygen atoms in total. The molecule has 0 unspecified atom stereocenters. The highest BCUT2D eigenvalue weighted by Crippen LogP contribution is 2.27. The number of carbonyl (C=O) groups excluding carboxylic acids is 1. The first-order valence-electron chi connectivity index (χ1n) is 8.58. The third-order valence-corrected chi connectivity index (χ3v) is 4.45. The van der Waals surface area contributed by atoms with E-state index in [-0.39, 0.29) is 18.0 Å². The Bertz CT molecular complexity index is 493. The predicted molar refractivity (Wildman–Crippen MR) is 95.0 cm³/mol. The summed E-state index contributed by atoms with van der Waals surface area (Å²) in [4.78, 5) is 11.9. The Morgan fingerprint density at radius 2 is 2.00 bits per heavy atom. The van der Waals surface area contributed by atoms with E-state index in [0.29, 0.717) is 12.3 Å². The van der Waals surface area contributed by atoms with Crippen molar-refractivity contribution in [1.82, 2.24) is 0 Å². The maximum atomic E-state index is 11.9. The van der Waals surface area contributed by atoms with E-state index in [0.717, 1.165) is 24.0 Å². The third kappa shape index (κ3) is 6.74. The molecular formula is C20H32O3. The minimum Gasteiger partial charge on any atom is -0.454 e. The van der Waals surface area contributed by atoms with Crippen LogP contribution in [0, 0.1) is 11.8 Å². The molecule has 0 fully saturated rings. The first-order valence-corrected chi connectivity index (χ1v) is 8.58. The summed E-state index contributed by atoms with van der Waals surface area (Å²) < 4.78 is 5.60. The second-order valence-electron chi connectivity index (χ2n) is 7.28. The van der Waals surface area contributed by atoms with Crippen LogP contribution in [-0.4, -0.2) is 23.3 Å². The SMILES string of the molecule is CC(C)=CC(=O)O[C@H]1C/C=C(\C)CC[C@@H](C(C)C)[C@@H](O)C=C1C. The fraction of sp³-hybridized carbons (Fsp3) is 0.650. The van der Waals surface area contributed by atoms with Crippen LogP contribution < -0.4 is 0 Å². The minimum absolute atomic E-state index is 0.223. The third-order valence-electron chi connectivity index (χ3n) is 4.45. The van der Waals surface area contributed by atoms with E-state index in [4.69, 9.17) is 4.74 Å². The predicted octanol–water partition coefficient (Wildman–Crippen LogP) is 4.57. The number of aliphatic hydroxyl groups is 1. The van der Waals surface area contributed by atoms with Gasteiger partial charge in [-0.25, -0.2) is 4.79 Å². The van der Waals surface area contributed by atoms with Crippen LogP contribution in [0.1, 0.15) is 60.8 Å². The molecule has 0 aromatic carbocycles. The summed E-state index contributed by atoms with van der Waals surface area (Å²) in [5.41, 5.74) is 3.13. The van der Waals surface area contributed by atoms with Gasteiger partial charge in [-0.2, -0.15) is 0 Å². The van der Waals surface area contributed by atoms with Gasteiger partial charge in [0.05, 0.1) is 6.10 Å². The number of allylic oxidation sites excluding steroid dienone is 2. The average Bonchev–Trinajstić information content (AvgIpc) is 2.41. The number of carbonyl (C=O) groups is 1. The normalized spacial score (nSPS) is 28.4. The lowest BCUT2D eigenvalue weighted by atomic mass is 9.83. The number of hydrogen-bond acceptors (Lipinski definition) is 3. The van der Waals surface area contributed by atoms with Crippen LogP contribution in [0.2, 0.25) is 0 Å². The van der Waals surface area contributed by atoms with E-state index in [1.807, 2.05) is 26.8 Å². The number of esters is 1. The van der Waals surface area contributed by atoms with Crippen molar-refractivity contribution in [3.05, 3.63) is 34.9 Å². The van der Waals surface area contributed by atoms with Gasteiger partial charge < -0.3 is 9.84 Å². The largest absolute Gasteiger partial charge is 0.454 e. The highest BCUT2D eigenvalue weighted by molar-refractivity contribution is 5.82. The average molecular weight is 320 g/mol. The van der Waals surface area contributed by atoms with Crippen LogP contribution in [0.3, 0.4) is 0 Å². The van der Waals surface area contributed by atoms with Crippen molar-refractivity contribution in [2.24, 2.45) is 11.8 Å². The molecule has 0 bridgehead atoms. The number of ether oxygens (including phenoxy) is 1. The molecule has 0 aliphatic heterocycles. The van der Waals surface area contributed by atoms with Crippen molar-refractivity contribution in [3.8, 4) is 0 Å². The molecule has 0 spiro atoms. The Morgan fingerprint density at radius 1 is 1.35 bits per heavy atom. The van der Waals surface area contributed by atoms with Crippen molar-refractivity contribution in [2.75, 3.05) is 0 Å². The molecule has 1 N–H and O–H groups in total. The number of rotatable bonds is 3. The van der Waals surface area contributed by atoms with Gasteiger partial charge in [-0.15, -0.1) is 0 Å². The standard InChI is InChI=1S/C20H32O3/c1-13(2)11-20(22)23-19-10-8-15(5)7-9-17(14(3)4)18(21)12-16(19)6/h8,11-12,14,17-19,21H,7,9-10H2,1-6H3/b15-8+,16-12?/t17-,18-,19-/m0/s1. The molecule has 1 aliphatic rings. The molecule has 0 aromatic heterocycles. The molecule has 0 saturated heterocycles. The number of hydrogen-bond donors (Lipinski definition) is 1. The second kappa shape index (κ2) is 9.07. The topological polar surface area (TPSA) is 46.5 Å². The van der Waals surface area contributed by atoms with Gasteiger partial charge in [0.1, 0.15) is 6.10 Å². The summed E-state index contributed by atoms with van der Waals surface area (Å²) in [6.45, 7) is 12.1. The first-order chi connectivity index (χ1) is 10.7. The zero-order chi connectivity index (χ0) is 17.6. The zero-order valence-electron chi connectivity index (χ0n) is 15.4. The van der Waals surface area contributed by atoms with E-state index in [9.17, 15) is 9.90 Å². The molecule has 130 valence electrons. The Labute approximate surface area is 141 Å². The quantitative estimate of drug-likeness (QED) is 0.470. The Hall–Kier alpha value is -1.35. The van der Waals surface area contributed by atoms with E-state index in [2.05, 4.69) is 26.8 Å². The molecule has 0 amide bonds. The maximum Gasteiger partial charge on any atom is 0.331 e. The van der Waals surface area contributed by atoms with E-state index >= 15 is 0 Å². The molecule has 0 aromatic rings. The lowest BCUT2D eigenvalue weighted by molar-refractivity contribution is -0.141. The summed E-state index contributed by atoms with van der Waals surface area (Å²) >= 11 is 0. The molecular weight excluding hydrogens is 288 g/mol. The highest BCUT2D eigenvalue weighted by Gasteiger charge is 2.24. The van der Waals surface area contributed by atoms with Gasteiger partial charge in [-0.05, 0) is 57.9 Å². The smallest absolute Gasteiger partial charge is 0.331 e. The van der Waals surface area contributed by atoms with Crippen LogP contribution in [0.15, 0.2) is 34.9 Å². The molecule has 3 heteroatoms. The minimum atomic E-state index is -0.495. The van der Waals surface area contributed by atoms with Crippen molar-refractivity contribution >= 4 is 5.97 Å². The molecule has 23 heavy (non-hydrogen) atoms. The van der Waals surface area contributed by atoms with Crippen LogP contribution in [0.4, 0.5) is 0 Å². The lowest BCUT2D eigenvalue weighted by Gasteiger charge is -2.27. The molecule has 1 aliphatic carbocycles.